The minimum absolute atomic E-state index is 0.531. The summed E-state index contributed by atoms with van der Waals surface area (Å²) in [5.74, 6) is 1.07. The van der Waals surface area contributed by atoms with Crippen LogP contribution in [0.3, 0.4) is 0 Å². The molecule has 0 aromatic rings. The average Bonchev–Trinajstić information content (AvgIpc) is 2.14. The minimum atomic E-state index is 0.531. The fraction of sp³-hybridized carbons (Fsp3) is 1.00. The van der Waals surface area contributed by atoms with Crippen molar-refractivity contribution in [1.82, 2.24) is 0 Å². The zero-order valence-electron chi connectivity index (χ0n) is 10.9. The molecule has 2 aliphatic heterocycles. The van der Waals surface area contributed by atoms with Crippen LogP contribution in [-0.2, 0) is 0 Å². The van der Waals surface area contributed by atoms with Crippen LogP contribution in [0.5, 0.6) is 0 Å². The van der Waals surface area contributed by atoms with Crippen LogP contribution >= 0.6 is 0 Å². The van der Waals surface area contributed by atoms with E-state index in [0.717, 1.165) is 5.82 Å². The molecule has 2 unspecified atom stereocenters. The third-order valence-corrected chi connectivity index (χ3v) is 5.31. The lowest BCUT2D eigenvalue weighted by Crippen LogP contribution is -2.39. The lowest BCUT2D eigenvalue weighted by Gasteiger charge is -2.51. The molecular weight excluding hydrogens is 179 g/mol. The summed E-state index contributed by atoms with van der Waals surface area (Å²) in [4.78, 5) is 0. The highest BCUT2D eigenvalue weighted by Crippen LogP contribution is 2.58. The summed E-state index contributed by atoms with van der Waals surface area (Å²) in [6, 6.07) is 0. The summed E-state index contributed by atoms with van der Waals surface area (Å²) >= 11 is 0. The first-order chi connectivity index (χ1) is 7.04. The van der Waals surface area contributed by atoms with Gasteiger partial charge in [0.25, 0.3) is 0 Å². The van der Waals surface area contributed by atoms with Gasteiger partial charge in [-0.1, -0.05) is 78.0 Å². The van der Waals surface area contributed by atoms with Gasteiger partial charge < -0.3 is 0 Å². The second-order valence-corrected chi connectivity index (χ2v) is 7.09. The first-order valence-corrected chi connectivity index (χ1v) is 7.04. The Morgan fingerprint density at radius 3 is 2.33 bits per heavy atom. The van der Waals surface area contributed by atoms with E-state index in [0.29, 0.717) is 10.7 Å². The average molecular weight is 206 g/mol. The Balaban J connectivity index is 2.18. The van der Waals surface area contributed by atoms with Crippen molar-refractivity contribution in [2.45, 2.75) is 83.3 Å². The van der Waals surface area contributed by atoms with Gasteiger partial charge in [-0.15, -0.1) is 0 Å². The van der Waals surface area contributed by atoms with Gasteiger partial charge in [0.05, 0.1) is 0 Å². The second kappa shape index (κ2) is 4.15. The summed E-state index contributed by atoms with van der Waals surface area (Å²) in [6.45, 7) is 7.45. The Kier molecular flexibility index (Phi) is 3.19. The molecule has 2 atom stereocenters. The molecule has 0 radical (unpaired) electrons. The standard InChI is InChI=1S/C14H27B/c1-13(2,3)14-10-6-4-5-8-12(15-14)9-7-11-14/h12,15H,4-11H2,1-3H3. The highest BCUT2D eigenvalue weighted by molar-refractivity contribution is 6.42. The topological polar surface area (TPSA) is 0 Å². The monoisotopic (exact) mass is 206 g/mol. The Morgan fingerprint density at radius 1 is 0.933 bits per heavy atom. The van der Waals surface area contributed by atoms with Crippen LogP contribution in [0.2, 0.25) is 11.1 Å². The van der Waals surface area contributed by atoms with Gasteiger partial charge >= 0.3 is 0 Å². The van der Waals surface area contributed by atoms with Crippen LogP contribution < -0.4 is 0 Å². The van der Waals surface area contributed by atoms with Gasteiger partial charge in [0.1, 0.15) is 7.28 Å². The lowest BCUT2D eigenvalue weighted by atomic mass is 9.32. The van der Waals surface area contributed by atoms with E-state index in [4.69, 9.17) is 0 Å². The molecule has 0 N–H and O–H groups in total. The van der Waals surface area contributed by atoms with Crippen molar-refractivity contribution in [3.05, 3.63) is 0 Å². The molecule has 0 aromatic heterocycles. The Hall–Kier alpha value is 0.0649. The molecule has 0 aromatic carbocycles. The maximum Gasteiger partial charge on any atom is 0.132 e. The number of hydrogen-bond donors (Lipinski definition) is 0. The molecule has 1 heteroatoms. The smallest absolute Gasteiger partial charge is 0.0651 e. The summed E-state index contributed by atoms with van der Waals surface area (Å²) in [6.07, 6.45) is 12.1. The van der Waals surface area contributed by atoms with Crippen molar-refractivity contribution >= 4 is 7.28 Å². The molecule has 2 saturated heterocycles. The van der Waals surface area contributed by atoms with Crippen molar-refractivity contribution in [2.75, 3.05) is 0 Å². The van der Waals surface area contributed by atoms with E-state index in [9.17, 15) is 0 Å². The summed E-state index contributed by atoms with van der Waals surface area (Å²) in [5, 5.41) is 0.691. The number of fused-ring (bicyclic) bond motifs is 2. The Bertz CT molecular complexity index is 216. The van der Waals surface area contributed by atoms with Gasteiger partial charge in [0.2, 0.25) is 0 Å². The summed E-state index contributed by atoms with van der Waals surface area (Å²) in [7, 11) is 1.54. The molecule has 2 rings (SSSR count). The highest BCUT2D eigenvalue weighted by Gasteiger charge is 2.45. The van der Waals surface area contributed by atoms with Crippen molar-refractivity contribution < 1.29 is 0 Å². The minimum Gasteiger partial charge on any atom is -0.0651 e. The molecule has 0 saturated carbocycles. The number of rotatable bonds is 0. The molecule has 2 fully saturated rings. The van der Waals surface area contributed by atoms with Gasteiger partial charge in [-0.05, 0) is 10.7 Å². The quantitative estimate of drug-likeness (QED) is 0.509. The van der Waals surface area contributed by atoms with Crippen molar-refractivity contribution in [2.24, 2.45) is 5.41 Å². The van der Waals surface area contributed by atoms with Crippen LogP contribution in [0.4, 0.5) is 0 Å². The predicted molar refractivity (Wildman–Crippen MR) is 70.0 cm³/mol. The van der Waals surface area contributed by atoms with E-state index < -0.39 is 0 Å². The third-order valence-electron chi connectivity index (χ3n) is 5.31. The Morgan fingerprint density at radius 2 is 1.60 bits per heavy atom. The fourth-order valence-corrected chi connectivity index (χ4v) is 4.09. The molecule has 0 spiro atoms. The molecule has 86 valence electrons. The molecule has 2 heterocycles. The van der Waals surface area contributed by atoms with E-state index in [1.807, 2.05) is 0 Å². The normalized spacial score (nSPS) is 37.7. The first kappa shape index (κ1) is 11.5. The van der Waals surface area contributed by atoms with Crippen molar-refractivity contribution in [1.29, 1.82) is 0 Å². The molecule has 0 amide bonds. The fourth-order valence-electron chi connectivity index (χ4n) is 4.09. The highest BCUT2D eigenvalue weighted by atomic mass is 14.4. The van der Waals surface area contributed by atoms with Gasteiger partial charge in [0.15, 0.2) is 0 Å². The van der Waals surface area contributed by atoms with Crippen molar-refractivity contribution in [3.63, 3.8) is 0 Å². The summed E-state index contributed by atoms with van der Waals surface area (Å²) in [5.41, 5.74) is 0.531. The zero-order valence-corrected chi connectivity index (χ0v) is 10.9. The lowest BCUT2D eigenvalue weighted by molar-refractivity contribution is 0.198. The van der Waals surface area contributed by atoms with E-state index in [-0.39, 0.29) is 0 Å². The molecule has 15 heavy (non-hydrogen) atoms. The molecule has 2 bridgehead atoms. The van der Waals surface area contributed by atoms with Crippen LogP contribution in [0.25, 0.3) is 0 Å². The molecule has 0 nitrogen and oxygen atoms in total. The van der Waals surface area contributed by atoms with Crippen molar-refractivity contribution in [3.8, 4) is 0 Å². The third kappa shape index (κ3) is 2.26. The number of hydrogen-bond acceptors (Lipinski definition) is 0. The first-order valence-electron chi connectivity index (χ1n) is 7.04. The van der Waals surface area contributed by atoms with Crippen LogP contribution in [-0.4, -0.2) is 7.28 Å². The Labute approximate surface area is 96.5 Å². The molecular formula is C14H27B. The van der Waals surface area contributed by atoms with E-state index in [2.05, 4.69) is 20.8 Å². The van der Waals surface area contributed by atoms with Crippen LogP contribution in [0.15, 0.2) is 0 Å². The maximum atomic E-state index is 2.48. The predicted octanol–water partition coefficient (Wildman–Crippen LogP) is 4.56. The maximum absolute atomic E-state index is 2.48. The van der Waals surface area contributed by atoms with E-state index in [1.54, 1.807) is 0 Å². The SMILES string of the molecule is CC(C)(C)C12BC(CCCCC1)CCC2. The van der Waals surface area contributed by atoms with Crippen LogP contribution in [0.1, 0.15) is 72.1 Å². The zero-order chi connectivity index (χ0) is 10.9. The summed E-state index contributed by atoms with van der Waals surface area (Å²) < 4.78 is 0. The molecule has 2 aliphatic rings. The van der Waals surface area contributed by atoms with Gasteiger partial charge in [0, 0.05) is 0 Å². The van der Waals surface area contributed by atoms with Gasteiger partial charge in [-0.25, -0.2) is 0 Å². The van der Waals surface area contributed by atoms with E-state index >= 15 is 0 Å². The van der Waals surface area contributed by atoms with Gasteiger partial charge in [-0.3, -0.25) is 0 Å². The van der Waals surface area contributed by atoms with Gasteiger partial charge in [-0.2, -0.15) is 0 Å². The largest absolute Gasteiger partial charge is 0.132 e. The molecule has 0 aliphatic carbocycles. The van der Waals surface area contributed by atoms with Crippen LogP contribution in [0, 0.1) is 5.41 Å². The second-order valence-electron chi connectivity index (χ2n) is 7.09. The van der Waals surface area contributed by atoms with E-state index in [1.165, 1.54) is 58.6 Å².